The fourth-order valence-electron chi connectivity index (χ4n) is 2.75. The number of nitrogens with one attached hydrogen (secondary N) is 1. The summed E-state index contributed by atoms with van der Waals surface area (Å²) in [6.45, 7) is 3.95. The molecule has 20 heavy (non-hydrogen) atoms. The Morgan fingerprint density at radius 2 is 2.25 bits per heavy atom. The van der Waals surface area contributed by atoms with E-state index in [2.05, 4.69) is 26.6 Å². The summed E-state index contributed by atoms with van der Waals surface area (Å²) >= 11 is 0. The summed E-state index contributed by atoms with van der Waals surface area (Å²) in [5.41, 5.74) is 1.09. The molecule has 0 aromatic carbocycles. The predicted octanol–water partition coefficient (Wildman–Crippen LogP) is 1.33. The van der Waals surface area contributed by atoms with Crippen molar-refractivity contribution < 1.29 is 4.42 Å². The van der Waals surface area contributed by atoms with Crippen LogP contribution in [0.3, 0.4) is 0 Å². The van der Waals surface area contributed by atoms with Gasteiger partial charge in [-0.15, -0.1) is 5.10 Å². The zero-order valence-electron chi connectivity index (χ0n) is 11.8. The zero-order chi connectivity index (χ0) is 13.8. The highest BCUT2D eigenvalue weighted by molar-refractivity contribution is 5.06. The van der Waals surface area contributed by atoms with Crippen LogP contribution >= 0.6 is 0 Å². The van der Waals surface area contributed by atoms with Gasteiger partial charge in [-0.1, -0.05) is 5.21 Å². The van der Waals surface area contributed by atoms with Gasteiger partial charge in [-0.3, -0.25) is 9.58 Å². The molecule has 6 nitrogen and oxygen atoms in total. The van der Waals surface area contributed by atoms with Crippen molar-refractivity contribution >= 4 is 0 Å². The van der Waals surface area contributed by atoms with Crippen molar-refractivity contribution in [3.63, 3.8) is 0 Å². The quantitative estimate of drug-likeness (QED) is 0.862. The van der Waals surface area contributed by atoms with Crippen LogP contribution < -0.4 is 5.32 Å². The Morgan fingerprint density at radius 1 is 1.40 bits per heavy atom. The first-order valence-electron chi connectivity index (χ1n) is 7.16. The third kappa shape index (κ3) is 2.91. The van der Waals surface area contributed by atoms with E-state index in [9.17, 15) is 0 Å². The van der Waals surface area contributed by atoms with Crippen LogP contribution in [0.2, 0.25) is 0 Å². The van der Waals surface area contributed by atoms with Gasteiger partial charge in [0.15, 0.2) is 0 Å². The fraction of sp³-hybridized carbons (Fsp3) is 0.571. The van der Waals surface area contributed by atoms with Crippen LogP contribution in [0.5, 0.6) is 0 Å². The molecule has 1 atom stereocenters. The second-order valence-corrected chi connectivity index (χ2v) is 5.25. The molecule has 0 aliphatic carbocycles. The molecule has 3 rings (SSSR count). The van der Waals surface area contributed by atoms with Gasteiger partial charge in [0.05, 0.1) is 24.2 Å². The van der Waals surface area contributed by atoms with E-state index in [4.69, 9.17) is 4.42 Å². The molecular weight excluding hydrogens is 254 g/mol. The molecule has 108 valence electrons. The molecule has 1 aliphatic rings. The number of furan rings is 1. The van der Waals surface area contributed by atoms with Crippen molar-refractivity contribution in [2.24, 2.45) is 7.05 Å². The number of nitrogens with zero attached hydrogens (tertiary/aromatic N) is 4. The van der Waals surface area contributed by atoms with Gasteiger partial charge in [-0.2, -0.15) is 0 Å². The average Bonchev–Trinajstić information content (AvgIpc) is 3.18. The largest absolute Gasteiger partial charge is 0.468 e. The summed E-state index contributed by atoms with van der Waals surface area (Å²) in [6.07, 6.45) is 6.11. The summed E-state index contributed by atoms with van der Waals surface area (Å²) in [5.74, 6) is 1.04. The molecule has 6 heteroatoms. The molecular formula is C14H21N5O. The van der Waals surface area contributed by atoms with E-state index in [0.717, 1.165) is 37.6 Å². The minimum atomic E-state index is 0.314. The molecule has 0 spiro atoms. The van der Waals surface area contributed by atoms with Crippen LogP contribution in [0, 0.1) is 0 Å². The van der Waals surface area contributed by atoms with Gasteiger partial charge >= 0.3 is 0 Å². The lowest BCUT2D eigenvalue weighted by Gasteiger charge is -2.26. The lowest BCUT2D eigenvalue weighted by Crippen LogP contribution is -2.34. The molecule has 2 aromatic heterocycles. The second kappa shape index (κ2) is 6.19. The minimum absolute atomic E-state index is 0.314. The average molecular weight is 275 g/mol. The molecule has 1 unspecified atom stereocenters. The number of rotatable bonds is 6. The van der Waals surface area contributed by atoms with Gasteiger partial charge in [0.1, 0.15) is 5.76 Å². The van der Waals surface area contributed by atoms with Gasteiger partial charge in [0.25, 0.3) is 0 Å². The van der Waals surface area contributed by atoms with Crippen molar-refractivity contribution in [2.75, 3.05) is 19.6 Å². The molecule has 0 saturated carbocycles. The van der Waals surface area contributed by atoms with Crippen LogP contribution in [0.1, 0.15) is 30.3 Å². The van der Waals surface area contributed by atoms with E-state index in [1.54, 1.807) is 17.1 Å². The van der Waals surface area contributed by atoms with E-state index < -0.39 is 0 Å². The molecule has 2 aromatic rings. The standard InChI is InChI=1S/C14H21N5O/c1-18-12(10-16-17-18)9-15-11-13(14-5-4-8-20-14)19-6-2-3-7-19/h4-5,8,10,13,15H,2-3,6-7,9,11H2,1H3. The predicted molar refractivity (Wildman–Crippen MR) is 75.0 cm³/mol. The molecule has 1 aliphatic heterocycles. The fourth-order valence-corrected chi connectivity index (χ4v) is 2.75. The van der Waals surface area contributed by atoms with E-state index in [-0.39, 0.29) is 0 Å². The van der Waals surface area contributed by atoms with E-state index in [1.807, 2.05) is 13.1 Å². The third-order valence-corrected chi connectivity index (χ3v) is 3.91. The number of likely N-dealkylation sites (tertiary alicyclic amines) is 1. The molecule has 1 N–H and O–H groups in total. The summed E-state index contributed by atoms with van der Waals surface area (Å²) in [6, 6.07) is 4.34. The van der Waals surface area contributed by atoms with Crippen LogP contribution in [0.15, 0.2) is 29.0 Å². The minimum Gasteiger partial charge on any atom is -0.468 e. The maximum atomic E-state index is 5.61. The summed E-state index contributed by atoms with van der Waals surface area (Å²) in [7, 11) is 1.91. The van der Waals surface area contributed by atoms with E-state index >= 15 is 0 Å². The Hall–Kier alpha value is -1.66. The van der Waals surface area contributed by atoms with Crippen molar-refractivity contribution in [3.05, 3.63) is 36.0 Å². The van der Waals surface area contributed by atoms with Crippen molar-refractivity contribution in [3.8, 4) is 0 Å². The van der Waals surface area contributed by atoms with E-state index in [1.165, 1.54) is 12.8 Å². The summed E-state index contributed by atoms with van der Waals surface area (Å²) in [4.78, 5) is 2.49. The number of aryl methyl sites for hydroxylation is 1. The number of hydrogen-bond donors (Lipinski definition) is 1. The normalized spacial score (nSPS) is 17.6. The topological polar surface area (TPSA) is 59.1 Å². The zero-order valence-corrected chi connectivity index (χ0v) is 11.8. The summed E-state index contributed by atoms with van der Waals surface area (Å²) in [5, 5.41) is 11.3. The van der Waals surface area contributed by atoms with Crippen LogP contribution in [0.25, 0.3) is 0 Å². The van der Waals surface area contributed by atoms with Crippen molar-refractivity contribution in [2.45, 2.75) is 25.4 Å². The van der Waals surface area contributed by atoms with Gasteiger partial charge in [-0.25, -0.2) is 0 Å². The lowest BCUT2D eigenvalue weighted by atomic mass is 10.2. The van der Waals surface area contributed by atoms with Crippen LogP contribution in [-0.4, -0.2) is 39.5 Å². The molecule has 1 saturated heterocycles. The van der Waals surface area contributed by atoms with Crippen LogP contribution in [-0.2, 0) is 13.6 Å². The number of aromatic nitrogens is 3. The SMILES string of the molecule is Cn1nncc1CNCC(c1ccco1)N1CCCC1. The second-order valence-electron chi connectivity index (χ2n) is 5.25. The van der Waals surface area contributed by atoms with Gasteiger partial charge in [0.2, 0.25) is 0 Å². The first-order valence-corrected chi connectivity index (χ1v) is 7.16. The van der Waals surface area contributed by atoms with Gasteiger partial charge in [-0.05, 0) is 38.1 Å². The number of hydrogen-bond acceptors (Lipinski definition) is 5. The summed E-state index contributed by atoms with van der Waals surface area (Å²) < 4.78 is 7.40. The van der Waals surface area contributed by atoms with Crippen LogP contribution in [0.4, 0.5) is 0 Å². The van der Waals surface area contributed by atoms with Gasteiger partial charge < -0.3 is 9.73 Å². The highest BCUT2D eigenvalue weighted by Crippen LogP contribution is 2.24. The van der Waals surface area contributed by atoms with E-state index in [0.29, 0.717) is 6.04 Å². The molecule has 0 radical (unpaired) electrons. The smallest absolute Gasteiger partial charge is 0.122 e. The first-order chi connectivity index (χ1) is 9.84. The lowest BCUT2D eigenvalue weighted by molar-refractivity contribution is 0.209. The third-order valence-electron chi connectivity index (χ3n) is 3.91. The maximum absolute atomic E-state index is 5.61. The molecule has 0 bridgehead atoms. The first kappa shape index (κ1) is 13.3. The Labute approximate surface area is 118 Å². The maximum Gasteiger partial charge on any atom is 0.122 e. The highest BCUT2D eigenvalue weighted by Gasteiger charge is 2.25. The molecule has 3 heterocycles. The van der Waals surface area contributed by atoms with Crippen molar-refractivity contribution in [1.29, 1.82) is 0 Å². The monoisotopic (exact) mass is 275 g/mol. The molecule has 1 fully saturated rings. The Balaban J connectivity index is 1.60. The Bertz CT molecular complexity index is 515. The van der Waals surface area contributed by atoms with Crippen molar-refractivity contribution in [1.82, 2.24) is 25.2 Å². The van der Waals surface area contributed by atoms with Gasteiger partial charge in [0, 0.05) is 20.1 Å². The Morgan fingerprint density at radius 3 is 2.90 bits per heavy atom. The Kier molecular flexibility index (Phi) is 4.13. The molecule has 0 amide bonds. The highest BCUT2D eigenvalue weighted by atomic mass is 16.3.